The number of hydrogen-bond donors (Lipinski definition) is 2. The van der Waals surface area contributed by atoms with Crippen LogP contribution in [-0.4, -0.2) is 30.2 Å². The molecule has 0 saturated heterocycles. The molecule has 0 saturated carbocycles. The summed E-state index contributed by atoms with van der Waals surface area (Å²) in [6.07, 6.45) is -0.898. The molecule has 0 aliphatic rings. The van der Waals surface area contributed by atoms with Crippen molar-refractivity contribution in [3.05, 3.63) is 35.9 Å². The number of hydrogen-bond acceptors (Lipinski definition) is 5. The van der Waals surface area contributed by atoms with Crippen molar-refractivity contribution < 1.29 is 23.9 Å². The van der Waals surface area contributed by atoms with Crippen molar-refractivity contribution in [2.24, 2.45) is 0 Å². The van der Waals surface area contributed by atoms with E-state index in [1.165, 1.54) is 0 Å². The predicted octanol–water partition coefficient (Wildman–Crippen LogP) is 1.96. The fourth-order valence-corrected chi connectivity index (χ4v) is 1.43. The van der Waals surface area contributed by atoms with Gasteiger partial charge < -0.3 is 14.8 Å². The van der Waals surface area contributed by atoms with Gasteiger partial charge in [0.05, 0.1) is 0 Å². The van der Waals surface area contributed by atoms with Crippen molar-refractivity contribution in [1.82, 2.24) is 10.6 Å². The Balaban J connectivity index is 2.24. The van der Waals surface area contributed by atoms with Crippen LogP contribution in [0.15, 0.2) is 30.3 Å². The quantitative estimate of drug-likeness (QED) is 0.829. The number of esters is 1. The molecule has 0 unspecified atom stereocenters. The summed E-state index contributed by atoms with van der Waals surface area (Å²) in [5.41, 5.74) is 0.163. The molecule has 7 nitrogen and oxygen atoms in total. The maximum absolute atomic E-state index is 11.4. The van der Waals surface area contributed by atoms with E-state index in [4.69, 9.17) is 9.47 Å². The lowest BCUT2D eigenvalue weighted by Crippen LogP contribution is -2.43. The molecule has 0 aliphatic carbocycles. The fourth-order valence-electron chi connectivity index (χ4n) is 1.43. The minimum absolute atomic E-state index is 0.0476. The highest BCUT2D eigenvalue weighted by Crippen LogP contribution is 2.06. The molecule has 3 amide bonds. The van der Waals surface area contributed by atoms with Crippen LogP contribution in [0, 0.1) is 0 Å². The van der Waals surface area contributed by atoms with Crippen LogP contribution in [0.25, 0.3) is 0 Å². The molecule has 0 radical (unpaired) electrons. The summed E-state index contributed by atoms with van der Waals surface area (Å²) in [5.74, 6) is -0.597. The molecule has 0 spiro atoms. The number of benzene rings is 1. The monoisotopic (exact) mass is 308 g/mol. The number of ether oxygens (including phenoxy) is 2. The number of urea groups is 1. The van der Waals surface area contributed by atoms with Gasteiger partial charge in [-0.15, -0.1) is 0 Å². The van der Waals surface area contributed by atoms with E-state index in [2.05, 4.69) is 5.32 Å². The molecule has 0 bridgehead atoms. The summed E-state index contributed by atoms with van der Waals surface area (Å²) in [7, 11) is 0. The highest BCUT2D eigenvalue weighted by molar-refractivity contribution is 5.92. The van der Waals surface area contributed by atoms with Gasteiger partial charge in [0.1, 0.15) is 18.8 Å². The number of carbonyl (C=O) groups excluding carboxylic acids is 3. The van der Waals surface area contributed by atoms with E-state index in [1.807, 2.05) is 23.5 Å². The van der Waals surface area contributed by atoms with Gasteiger partial charge in [0.15, 0.2) is 0 Å². The lowest BCUT2D eigenvalue weighted by atomic mass is 10.2. The molecule has 22 heavy (non-hydrogen) atoms. The van der Waals surface area contributed by atoms with Crippen LogP contribution in [0.3, 0.4) is 0 Å². The van der Waals surface area contributed by atoms with E-state index in [1.54, 1.807) is 32.9 Å². The third-order valence-corrected chi connectivity index (χ3v) is 2.24. The van der Waals surface area contributed by atoms with Gasteiger partial charge in [-0.2, -0.15) is 0 Å². The zero-order valence-electron chi connectivity index (χ0n) is 12.8. The number of nitrogens with one attached hydrogen (secondary N) is 2. The average Bonchev–Trinajstić information content (AvgIpc) is 2.42. The van der Waals surface area contributed by atoms with E-state index >= 15 is 0 Å². The first-order valence-corrected chi connectivity index (χ1v) is 6.73. The number of amides is 3. The third kappa shape index (κ3) is 7.88. The molecule has 1 rings (SSSR count). The normalized spacial score (nSPS) is 10.5. The van der Waals surface area contributed by atoms with Crippen molar-refractivity contribution in [2.75, 3.05) is 6.54 Å². The van der Waals surface area contributed by atoms with Crippen LogP contribution >= 0.6 is 0 Å². The molecule has 0 atom stereocenters. The van der Waals surface area contributed by atoms with Crippen molar-refractivity contribution in [3.63, 3.8) is 0 Å². The van der Waals surface area contributed by atoms with Gasteiger partial charge in [-0.3, -0.25) is 4.79 Å². The van der Waals surface area contributed by atoms with Gasteiger partial charge in [-0.1, -0.05) is 30.3 Å². The average molecular weight is 308 g/mol. The van der Waals surface area contributed by atoms with Crippen LogP contribution in [0.1, 0.15) is 26.3 Å². The number of alkyl carbamates (subject to hydrolysis) is 1. The summed E-state index contributed by atoms with van der Waals surface area (Å²) in [6, 6.07) is 8.21. The summed E-state index contributed by atoms with van der Waals surface area (Å²) >= 11 is 0. The molecule has 1 aromatic rings. The van der Waals surface area contributed by atoms with Gasteiger partial charge in [-0.25, -0.2) is 14.9 Å². The van der Waals surface area contributed by atoms with Crippen LogP contribution in [0.4, 0.5) is 9.59 Å². The second-order valence-electron chi connectivity index (χ2n) is 5.46. The molecule has 2 N–H and O–H groups in total. The minimum atomic E-state index is -0.898. The predicted molar refractivity (Wildman–Crippen MR) is 79.0 cm³/mol. The number of rotatable bonds is 4. The molecule has 0 aromatic heterocycles. The van der Waals surface area contributed by atoms with Gasteiger partial charge in [0.25, 0.3) is 0 Å². The Morgan fingerprint density at radius 3 is 2.32 bits per heavy atom. The summed E-state index contributed by atoms with van der Waals surface area (Å²) in [5, 5.41) is 4.16. The Kier molecular flexibility index (Phi) is 6.37. The van der Waals surface area contributed by atoms with E-state index in [0.29, 0.717) is 0 Å². The first-order chi connectivity index (χ1) is 10.3. The van der Waals surface area contributed by atoms with Gasteiger partial charge >= 0.3 is 18.1 Å². The lowest BCUT2D eigenvalue weighted by molar-refractivity contribution is -0.153. The molecule has 0 heterocycles. The van der Waals surface area contributed by atoms with Crippen LogP contribution in [-0.2, 0) is 20.9 Å². The number of imide groups is 1. The first-order valence-electron chi connectivity index (χ1n) is 6.73. The zero-order valence-corrected chi connectivity index (χ0v) is 12.8. The lowest BCUT2D eigenvalue weighted by Gasteiger charge is -2.19. The maximum atomic E-state index is 11.4. The summed E-state index contributed by atoms with van der Waals surface area (Å²) in [4.78, 5) is 34.2. The second-order valence-corrected chi connectivity index (χ2v) is 5.46. The largest absolute Gasteiger partial charge is 0.459 e. The minimum Gasteiger partial charge on any atom is -0.459 e. The maximum Gasteiger partial charge on any atom is 0.415 e. The van der Waals surface area contributed by atoms with Crippen LogP contribution in [0.2, 0.25) is 0 Å². The van der Waals surface area contributed by atoms with Crippen molar-refractivity contribution >= 4 is 18.1 Å². The van der Waals surface area contributed by atoms with E-state index in [0.717, 1.165) is 5.56 Å². The van der Waals surface area contributed by atoms with E-state index in [9.17, 15) is 14.4 Å². The number of carbonyl (C=O) groups is 3. The summed E-state index contributed by atoms with van der Waals surface area (Å²) in [6.45, 7) is 4.85. The van der Waals surface area contributed by atoms with E-state index in [-0.39, 0.29) is 13.2 Å². The third-order valence-electron chi connectivity index (χ3n) is 2.24. The smallest absolute Gasteiger partial charge is 0.415 e. The molecule has 0 fully saturated rings. The Bertz CT molecular complexity index is 522. The Morgan fingerprint density at radius 1 is 1.09 bits per heavy atom. The van der Waals surface area contributed by atoms with E-state index < -0.39 is 23.7 Å². The molecular formula is C15H20N2O5. The Labute approximate surface area is 129 Å². The topological polar surface area (TPSA) is 93.7 Å². The zero-order chi connectivity index (χ0) is 16.6. The molecule has 0 aliphatic heterocycles. The first kappa shape index (κ1) is 17.5. The highest BCUT2D eigenvalue weighted by atomic mass is 16.6. The molecular weight excluding hydrogens is 288 g/mol. The van der Waals surface area contributed by atoms with Gasteiger partial charge in [0.2, 0.25) is 0 Å². The standard InChI is InChI=1S/C15H20N2O5/c1-15(2,3)22-12(18)9-16-13(19)17-14(20)21-10-11-7-5-4-6-8-11/h4-8H,9-10H2,1-3H3,(H2,16,17,19,20). The Hall–Kier alpha value is -2.57. The van der Waals surface area contributed by atoms with Crippen LogP contribution in [0.5, 0.6) is 0 Å². The molecule has 7 heteroatoms. The Morgan fingerprint density at radius 2 is 1.73 bits per heavy atom. The SMILES string of the molecule is CC(C)(C)OC(=O)CNC(=O)NC(=O)OCc1ccccc1. The summed E-state index contributed by atoms with van der Waals surface area (Å²) < 4.78 is 9.86. The molecule has 1 aromatic carbocycles. The molecule has 120 valence electrons. The fraction of sp³-hybridized carbons (Fsp3) is 0.400. The van der Waals surface area contributed by atoms with Crippen molar-refractivity contribution in [2.45, 2.75) is 33.0 Å². The van der Waals surface area contributed by atoms with Gasteiger partial charge in [0, 0.05) is 0 Å². The van der Waals surface area contributed by atoms with Crippen LogP contribution < -0.4 is 10.6 Å². The van der Waals surface area contributed by atoms with Crippen molar-refractivity contribution in [3.8, 4) is 0 Å². The van der Waals surface area contributed by atoms with Crippen molar-refractivity contribution in [1.29, 1.82) is 0 Å². The second kappa shape index (κ2) is 8.02. The highest BCUT2D eigenvalue weighted by Gasteiger charge is 2.17. The van der Waals surface area contributed by atoms with Gasteiger partial charge in [-0.05, 0) is 26.3 Å².